The molecule has 2 heterocycles. The van der Waals surface area contributed by atoms with Crippen LogP contribution in [-0.4, -0.2) is 53.1 Å². The van der Waals surface area contributed by atoms with Crippen molar-refractivity contribution >= 4 is 61.5 Å². The smallest absolute Gasteiger partial charge is 0.268 e. The van der Waals surface area contributed by atoms with E-state index in [1.54, 1.807) is 25.1 Å². The number of alkyl halides is 3. The lowest BCUT2D eigenvalue weighted by Gasteiger charge is -2.18. The highest BCUT2D eigenvalue weighted by Gasteiger charge is 2.36. The minimum Gasteiger partial charge on any atom is -0.268 e. The molecule has 1 fully saturated rings. The second kappa shape index (κ2) is 10.1. The molecule has 1 N–H and O–H groups in total. The lowest BCUT2D eigenvalue weighted by molar-refractivity contribution is -0.138. The molecule has 196 valence electrons. The quantitative estimate of drug-likeness (QED) is 0.411. The first-order valence-corrected chi connectivity index (χ1v) is 13.8. The van der Waals surface area contributed by atoms with Crippen molar-refractivity contribution in [3.8, 4) is 0 Å². The molecule has 1 aromatic heterocycles. The lowest BCUT2D eigenvalue weighted by atomic mass is 10.1. The van der Waals surface area contributed by atoms with Crippen LogP contribution < -0.4 is 4.72 Å². The van der Waals surface area contributed by atoms with Crippen molar-refractivity contribution in [2.75, 3.05) is 12.8 Å². The van der Waals surface area contributed by atoms with Gasteiger partial charge in [-0.2, -0.15) is 18.3 Å². The molecule has 1 atom stereocenters. The Morgan fingerprint density at radius 1 is 1.19 bits per heavy atom. The molecule has 3 aromatic rings. The number of hydrogen-bond acceptors (Lipinski definition) is 6. The van der Waals surface area contributed by atoms with Crippen LogP contribution in [0.3, 0.4) is 0 Å². The molecule has 0 bridgehead atoms. The van der Waals surface area contributed by atoms with E-state index in [0.29, 0.717) is 16.5 Å². The summed E-state index contributed by atoms with van der Waals surface area (Å²) in [6, 6.07) is 7.95. The third-order valence-corrected chi connectivity index (χ3v) is 7.38. The van der Waals surface area contributed by atoms with Crippen molar-refractivity contribution in [2.24, 2.45) is 0 Å². The molecular formula is C23H20ClF3N4O4S2. The van der Waals surface area contributed by atoms with Crippen molar-refractivity contribution in [1.29, 1.82) is 0 Å². The van der Waals surface area contributed by atoms with Crippen LogP contribution in [0.2, 0.25) is 5.02 Å². The number of carbonyl (C=O) groups excluding carboxylic acids is 2. The summed E-state index contributed by atoms with van der Waals surface area (Å²) in [6.07, 6.45) is -0.560. The highest BCUT2D eigenvalue weighted by Crippen LogP contribution is 2.35. The minimum absolute atomic E-state index is 0.0132. The van der Waals surface area contributed by atoms with E-state index in [4.69, 9.17) is 11.6 Å². The van der Waals surface area contributed by atoms with Gasteiger partial charge < -0.3 is 0 Å². The summed E-state index contributed by atoms with van der Waals surface area (Å²) in [5.41, 5.74) is 0.340. The SMILES string of the molecule is C[C@@H](CN1C(=O)S/C(=C\c2ccc3c(cnn3Cc3ccc(Cl)cc3C(F)(F)F)c2)C1=O)NS(C)(=O)=O. The van der Waals surface area contributed by atoms with Gasteiger partial charge in [-0.05, 0) is 60.2 Å². The van der Waals surface area contributed by atoms with Gasteiger partial charge in [0, 0.05) is 23.0 Å². The normalized spacial score (nSPS) is 16.8. The number of benzene rings is 2. The number of sulfonamides is 1. The number of fused-ring (bicyclic) bond motifs is 1. The van der Waals surface area contributed by atoms with E-state index in [1.807, 2.05) is 0 Å². The minimum atomic E-state index is -4.57. The van der Waals surface area contributed by atoms with Gasteiger partial charge in [0.15, 0.2) is 0 Å². The first-order chi connectivity index (χ1) is 17.2. The molecule has 1 aliphatic heterocycles. The number of halogens is 4. The fraction of sp³-hybridized carbons (Fsp3) is 0.261. The van der Waals surface area contributed by atoms with Gasteiger partial charge in [-0.15, -0.1) is 0 Å². The second-order valence-electron chi connectivity index (χ2n) is 8.50. The first kappa shape index (κ1) is 27.2. The molecule has 2 aromatic carbocycles. The highest BCUT2D eigenvalue weighted by atomic mass is 35.5. The van der Waals surface area contributed by atoms with Crippen LogP contribution in [0, 0.1) is 0 Å². The summed E-state index contributed by atoms with van der Waals surface area (Å²) in [5, 5.41) is 4.31. The van der Waals surface area contributed by atoms with E-state index >= 15 is 0 Å². The molecule has 0 radical (unpaired) electrons. The van der Waals surface area contributed by atoms with Crippen molar-refractivity contribution in [3.63, 3.8) is 0 Å². The standard InChI is InChI=1S/C23H20ClF3N4O4S2/c1-13(29-37(2,34)35)11-30-21(32)20(36-22(30)33)8-14-3-6-19-16(7-14)10-28-31(19)12-15-4-5-17(24)9-18(15)23(25,26)27/h3-10,13,29H,11-12H2,1-2H3/b20-8-/t13-/m0/s1. The highest BCUT2D eigenvalue weighted by molar-refractivity contribution is 8.18. The number of carbonyl (C=O) groups is 2. The summed E-state index contributed by atoms with van der Waals surface area (Å²) in [5.74, 6) is -0.546. The Morgan fingerprint density at radius 3 is 2.59 bits per heavy atom. The average molecular weight is 573 g/mol. The van der Waals surface area contributed by atoms with Gasteiger partial charge in [0.1, 0.15) is 0 Å². The number of thioether (sulfide) groups is 1. The van der Waals surface area contributed by atoms with Gasteiger partial charge in [-0.25, -0.2) is 13.1 Å². The number of aromatic nitrogens is 2. The number of rotatable bonds is 7. The number of amides is 2. The Balaban J connectivity index is 1.55. The second-order valence-corrected chi connectivity index (χ2v) is 11.7. The lowest BCUT2D eigenvalue weighted by Crippen LogP contribution is -2.43. The number of hydrogen-bond donors (Lipinski definition) is 1. The van der Waals surface area contributed by atoms with Crippen LogP contribution in [0.25, 0.3) is 17.0 Å². The maximum Gasteiger partial charge on any atom is 0.416 e. The molecule has 8 nitrogen and oxygen atoms in total. The molecule has 0 saturated carbocycles. The Kier molecular flexibility index (Phi) is 7.43. The molecule has 4 rings (SSSR count). The van der Waals surface area contributed by atoms with Crippen molar-refractivity contribution in [3.05, 3.63) is 69.2 Å². The topological polar surface area (TPSA) is 101 Å². The predicted molar refractivity (Wildman–Crippen MR) is 135 cm³/mol. The van der Waals surface area contributed by atoms with Crippen LogP contribution in [0.15, 0.2) is 47.5 Å². The van der Waals surface area contributed by atoms with Crippen LogP contribution in [-0.2, 0) is 27.5 Å². The Labute approximate surface area is 219 Å². The maximum atomic E-state index is 13.5. The molecule has 0 aliphatic carbocycles. The summed E-state index contributed by atoms with van der Waals surface area (Å²) in [6.45, 7) is 1.29. The molecule has 14 heteroatoms. The maximum absolute atomic E-state index is 13.5. The van der Waals surface area contributed by atoms with E-state index in [-0.39, 0.29) is 28.6 Å². The molecule has 0 spiro atoms. The molecule has 1 saturated heterocycles. The molecule has 2 amide bonds. The average Bonchev–Trinajstić information content (AvgIpc) is 3.28. The van der Waals surface area contributed by atoms with E-state index in [2.05, 4.69) is 9.82 Å². The molecule has 1 aliphatic rings. The summed E-state index contributed by atoms with van der Waals surface area (Å²) in [4.78, 5) is 26.2. The Morgan fingerprint density at radius 2 is 1.92 bits per heavy atom. The van der Waals surface area contributed by atoms with Gasteiger partial charge in [0.2, 0.25) is 10.0 Å². The zero-order chi connectivity index (χ0) is 27.1. The first-order valence-electron chi connectivity index (χ1n) is 10.7. The number of imide groups is 1. The van der Waals surface area contributed by atoms with Gasteiger partial charge in [0.25, 0.3) is 11.1 Å². The number of nitrogens with zero attached hydrogens (tertiary/aromatic N) is 3. The van der Waals surface area contributed by atoms with Crippen LogP contribution in [0.1, 0.15) is 23.6 Å². The third kappa shape index (κ3) is 6.35. The molecule has 0 unspecified atom stereocenters. The van der Waals surface area contributed by atoms with E-state index in [0.717, 1.165) is 29.0 Å². The van der Waals surface area contributed by atoms with Crippen LogP contribution in [0.4, 0.5) is 18.0 Å². The van der Waals surface area contributed by atoms with E-state index in [1.165, 1.54) is 29.1 Å². The van der Waals surface area contributed by atoms with Gasteiger partial charge in [0.05, 0.1) is 35.0 Å². The predicted octanol–water partition coefficient (Wildman–Crippen LogP) is 4.73. The Bertz CT molecular complexity index is 1540. The number of nitrogens with one attached hydrogen (secondary N) is 1. The summed E-state index contributed by atoms with van der Waals surface area (Å²) >= 11 is 6.50. The van der Waals surface area contributed by atoms with Crippen LogP contribution >= 0.6 is 23.4 Å². The molecular weight excluding hydrogens is 553 g/mol. The van der Waals surface area contributed by atoms with Gasteiger partial charge >= 0.3 is 6.18 Å². The van der Waals surface area contributed by atoms with Crippen molar-refractivity contribution < 1.29 is 31.2 Å². The van der Waals surface area contributed by atoms with Crippen molar-refractivity contribution in [2.45, 2.75) is 25.7 Å². The zero-order valence-electron chi connectivity index (χ0n) is 19.4. The zero-order valence-corrected chi connectivity index (χ0v) is 21.8. The fourth-order valence-corrected chi connectivity index (χ4v) is 5.74. The van der Waals surface area contributed by atoms with E-state index in [9.17, 15) is 31.2 Å². The van der Waals surface area contributed by atoms with Crippen molar-refractivity contribution in [1.82, 2.24) is 19.4 Å². The summed E-state index contributed by atoms with van der Waals surface area (Å²) < 4.78 is 66.9. The monoisotopic (exact) mass is 572 g/mol. The fourth-order valence-electron chi connectivity index (χ4n) is 3.92. The van der Waals surface area contributed by atoms with Gasteiger partial charge in [-0.3, -0.25) is 19.2 Å². The molecule has 37 heavy (non-hydrogen) atoms. The largest absolute Gasteiger partial charge is 0.416 e. The third-order valence-electron chi connectivity index (χ3n) is 5.41. The summed E-state index contributed by atoms with van der Waals surface area (Å²) in [7, 11) is -3.50. The van der Waals surface area contributed by atoms with Crippen LogP contribution in [0.5, 0.6) is 0 Å². The van der Waals surface area contributed by atoms with Gasteiger partial charge in [-0.1, -0.05) is 23.7 Å². The Hall–Kier alpha value is -2.87. The van der Waals surface area contributed by atoms with E-state index < -0.39 is 39.0 Å².